The van der Waals surface area contributed by atoms with Crippen molar-refractivity contribution in [1.82, 2.24) is 15.0 Å². The average molecular weight is 337 g/mol. The van der Waals surface area contributed by atoms with E-state index in [9.17, 15) is 4.79 Å². The van der Waals surface area contributed by atoms with E-state index >= 15 is 0 Å². The molecule has 1 unspecified atom stereocenters. The molecule has 0 N–H and O–H groups in total. The van der Waals surface area contributed by atoms with Crippen LogP contribution in [0.2, 0.25) is 0 Å². The summed E-state index contributed by atoms with van der Waals surface area (Å²) in [5, 5.41) is 4.07. The zero-order valence-electron chi connectivity index (χ0n) is 13.8. The van der Waals surface area contributed by atoms with E-state index in [1.54, 1.807) is 11.2 Å². The van der Waals surface area contributed by atoms with Crippen molar-refractivity contribution in [2.24, 2.45) is 0 Å². The first-order chi connectivity index (χ1) is 12.3. The van der Waals surface area contributed by atoms with Crippen molar-refractivity contribution in [3.05, 3.63) is 71.8 Å². The Morgan fingerprint density at radius 2 is 2.00 bits per heavy atom. The van der Waals surface area contributed by atoms with Gasteiger partial charge in [-0.25, -0.2) is 0 Å². The standard InChI is InChI=1S/C19H19N3O3/c23-18-11-15(12-22(18)13-16-7-4-10-24-16)19-20-17(21-25-19)9-8-14-5-2-1-3-6-14/h1-7,10,15H,8-9,11-13H2. The highest BCUT2D eigenvalue weighted by molar-refractivity contribution is 5.79. The largest absolute Gasteiger partial charge is 0.467 e. The lowest BCUT2D eigenvalue weighted by molar-refractivity contribution is -0.128. The SMILES string of the molecule is O=C1CC(c2nc(CCc3ccccc3)no2)CN1Cc1ccco1. The maximum Gasteiger partial charge on any atom is 0.232 e. The first-order valence-electron chi connectivity index (χ1n) is 8.44. The number of amides is 1. The summed E-state index contributed by atoms with van der Waals surface area (Å²) in [6.45, 7) is 1.07. The molecule has 6 nitrogen and oxygen atoms in total. The minimum atomic E-state index is -0.0413. The van der Waals surface area contributed by atoms with Crippen molar-refractivity contribution in [3.8, 4) is 0 Å². The molecule has 1 atom stereocenters. The number of aryl methyl sites for hydroxylation is 2. The normalized spacial score (nSPS) is 17.4. The molecule has 0 aliphatic carbocycles. The quantitative estimate of drug-likeness (QED) is 0.691. The van der Waals surface area contributed by atoms with Crippen molar-refractivity contribution in [2.75, 3.05) is 6.54 Å². The van der Waals surface area contributed by atoms with Gasteiger partial charge < -0.3 is 13.8 Å². The summed E-state index contributed by atoms with van der Waals surface area (Å²) in [7, 11) is 0. The second-order valence-corrected chi connectivity index (χ2v) is 6.29. The molecule has 0 radical (unpaired) electrons. The van der Waals surface area contributed by atoms with Gasteiger partial charge in [0, 0.05) is 19.4 Å². The topological polar surface area (TPSA) is 72.4 Å². The number of furan rings is 1. The van der Waals surface area contributed by atoms with E-state index in [-0.39, 0.29) is 11.8 Å². The van der Waals surface area contributed by atoms with E-state index in [2.05, 4.69) is 22.3 Å². The van der Waals surface area contributed by atoms with Crippen LogP contribution in [0, 0.1) is 0 Å². The second-order valence-electron chi connectivity index (χ2n) is 6.29. The number of carbonyl (C=O) groups is 1. The van der Waals surface area contributed by atoms with Gasteiger partial charge in [0.25, 0.3) is 0 Å². The number of hydrogen-bond acceptors (Lipinski definition) is 5. The zero-order valence-corrected chi connectivity index (χ0v) is 13.8. The van der Waals surface area contributed by atoms with Gasteiger partial charge in [-0.1, -0.05) is 35.5 Å². The molecule has 1 amide bonds. The molecular weight excluding hydrogens is 318 g/mol. The molecule has 1 fully saturated rings. The van der Waals surface area contributed by atoms with Gasteiger partial charge in [0.05, 0.1) is 18.7 Å². The molecule has 1 aliphatic heterocycles. The molecule has 4 rings (SSSR count). The van der Waals surface area contributed by atoms with Gasteiger partial charge in [-0.15, -0.1) is 0 Å². The van der Waals surface area contributed by atoms with Crippen LogP contribution in [0.15, 0.2) is 57.7 Å². The van der Waals surface area contributed by atoms with Crippen LogP contribution in [-0.2, 0) is 24.2 Å². The van der Waals surface area contributed by atoms with E-state index in [1.807, 2.05) is 30.3 Å². The first kappa shape index (κ1) is 15.6. The Morgan fingerprint density at radius 3 is 2.80 bits per heavy atom. The molecular formula is C19H19N3O3. The lowest BCUT2D eigenvalue weighted by atomic mass is 10.1. The molecule has 0 bridgehead atoms. The Labute approximate surface area is 145 Å². The Bertz CT molecular complexity index is 827. The van der Waals surface area contributed by atoms with Crippen LogP contribution >= 0.6 is 0 Å². The average Bonchev–Trinajstić information content (AvgIpc) is 3.37. The summed E-state index contributed by atoms with van der Waals surface area (Å²) in [4.78, 5) is 18.5. The second kappa shape index (κ2) is 6.93. The van der Waals surface area contributed by atoms with Crippen LogP contribution in [0.5, 0.6) is 0 Å². The molecule has 1 aliphatic rings. The van der Waals surface area contributed by atoms with Gasteiger partial charge in [0.1, 0.15) is 5.76 Å². The molecule has 3 aromatic rings. The lowest BCUT2D eigenvalue weighted by Gasteiger charge is -2.13. The van der Waals surface area contributed by atoms with Crippen LogP contribution < -0.4 is 0 Å². The smallest absolute Gasteiger partial charge is 0.232 e. The Hall–Kier alpha value is -2.89. The number of rotatable bonds is 6. The van der Waals surface area contributed by atoms with Crippen LogP contribution in [0.4, 0.5) is 0 Å². The Morgan fingerprint density at radius 1 is 1.12 bits per heavy atom. The van der Waals surface area contributed by atoms with E-state index < -0.39 is 0 Å². The molecule has 1 aromatic carbocycles. The number of benzene rings is 1. The van der Waals surface area contributed by atoms with Gasteiger partial charge in [0.2, 0.25) is 11.8 Å². The van der Waals surface area contributed by atoms with E-state index in [0.29, 0.717) is 31.2 Å². The maximum atomic E-state index is 12.2. The zero-order chi connectivity index (χ0) is 17.1. The monoisotopic (exact) mass is 337 g/mol. The van der Waals surface area contributed by atoms with Crippen molar-refractivity contribution >= 4 is 5.91 Å². The minimum Gasteiger partial charge on any atom is -0.467 e. The number of carbonyl (C=O) groups excluding carboxylic acids is 1. The van der Waals surface area contributed by atoms with Crippen molar-refractivity contribution in [1.29, 1.82) is 0 Å². The van der Waals surface area contributed by atoms with Gasteiger partial charge >= 0.3 is 0 Å². The van der Waals surface area contributed by atoms with Crippen LogP contribution in [0.3, 0.4) is 0 Å². The molecule has 1 saturated heterocycles. The number of nitrogens with zero attached hydrogens (tertiary/aromatic N) is 3. The number of likely N-dealkylation sites (tertiary alicyclic amines) is 1. The maximum absolute atomic E-state index is 12.2. The van der Waals surface area contributed by atoms with E-state index in [1.165, 1.54) is 5.56 Å². The van der Waals surface area contributed by atoms with Gasteiger partial charge in [-0.05, 0) is 24.1 Å². The van der Waals surface area contributed by atoms with E-state index in [4.69, 9.17) is 8.94 Å². The number of hydrogen-bond donors (Lipinski definition) is 0. The molecule has 25 heavy (non-hydrogen) atoms. The fraction of sp³-hybridized carbons (Fsp3) is 0.316. The lowest BCUT2D eigenvalue weighted by Crippen LogP contribution is -2.24. The summed E-state index contributed by atoms with van der Waals surface area (Å²) in [6, 6.07) is 13.9. The number of aromatic nitrogens is 2. The third-order valence-corrected chi connectivity index (χ3v) is 4.45. The van der Waals surface area contributed by atoms with Crippen LogP contribution in [-0.4, -0.2) is 27.5 Å². The summed E-state index contributed by atoms with van der Waals surface area (Å²) >= 11 is 0. The van der Waals surface area contributed by atoms with Crippen LogP contribution in [0.25, 0.3) is 0 Å². The van der Waals surface area contributed by atoms with Gasteiger partial charge in [-0.3, -0.25) is 4.79 Å². The first-order valence-corrected chi connectivity index (χ1v) is 8.44. The Kier molecular flexibility index (Phi) is 4.33. The third kappa shape index (κ3) is 3.63. The van der Waals surface area contributed by atoms with Crippen molar-refractivity contribution in [2.45, 2.75) is 31.7 Å². The summed E-state index contributed by atoms with van der Waals surface area (Å²) in [5.41, 5.74) is 1.24. The molecule has 6 heteroatoms. The molecule has 0 saturated carbocycles. The fourth-order valence-electron chi connectivity index (χ4n) is 3.12. The highest BCUT2D eigenvalue weighted by Crippen LogP contribution is 2.28. The molecule has 2 aromatic heterocycles. The van der Waals surface area contributed by atoms with Crippen molar-refractivity contribution < 1.29 is 13.7 Å². The molecule has 128 valence electrons. The highest BCUT2D eigenvalue weighted by atomic mass is 16.5. The van der Waals surface area contributed by atoms with E-state index in [0.717, 1.165) is 18.6 Å². The predicted octanol–water partition coefficient (Wildman–Crippen LogP) is 2.96. The molecule has 3 heterocycles. The van der Waals surface area contributed by atoms with Crippen LogP contribution in [0.1, 0.15) is 35.4 Å². The molecule has 0 spiro atoms. The Balaban J connectivity index is 1.36. The third-order valence-electron chi connectivity index (χ3n) is 4.45. The van der Waals surface area contributed by atoms with Gasteiger partial charge in [0.15, 0.2) is 5.82 Å². The summed E-state index contributed by atoms with van der Waals surface area (Å²) in [6.07, 6.45) is 3.61. The summed E-state index contributed by atoms with van der Waals surface area (Å²) in [5.74, 6) is 2.07. The fourth-order valence-corrected chi connectivity index (χ4v) is 3.12. The van der Waals surface area contributed by atoms with Crippen molar-refractivity contribution in [3.63, 3.8) is 0 Å². The highest BCUT2D eigenvalue weighted by Gasteiger charge is 2.34. The predicted molar refractivity (Wildman–Crippen MR) is 89.6 cm³/mol. The minimum absolute atomic E-state index is 0.0413. The van der Waals surface area contributed by atoms with Gasteiger partial charge in [-0.2, -0.15) is 4.98 Å². The summed E-state index contributed by atoms with van der Waals surface area (Å²) < 4.78 is 10.7.